The number of sulfonamides is 1. The summed E-state index contributed by atoms with van der Waals surface area (Å²) in [4.78, 5) is 12.2. The van der Waals surface area contributed by atoms with Crippen LogP contribution < -0.4 is 10.0 Å². The van der Waals surface area contributed by atoms with Crippen LogP contribution in [0, 0.1) is 13.8 Å². The number of alkyl halides is 3. The molecule has 5 nitrogen and oxygen atoms in total. The largest absolute Gasteiger partial charge is 0.416 e. The summed E-state index contributed by atoms with van der Waals surface area (Å²) in [6.07, 6.45) is -4.57. The lowest BCUT2D eigenvalue weighted by molar-refractivity contribution is -0.137. The first-order valence-corrected chi connectivity index (χ1v) is 11.1. The molecule has 3 rings (SSSR count). The Hall–Kier alpha value is -3.04. The van der Waals surface area contributed by atoms with Crippen LogP contribution in [-0.4, -0.2) is 14.3 Å². The minimum atomic E-state index is -4.57. The highest BCUT2D eigenvalue weighted by Gasteiger charge is 2.30. The molecular formula is C22H18ClF3N2O3S. The smallest absolute Gasteiger partial charge is 0.322 e. The van der Waals surface area contributed by atoms with Crippen molar-refractivity contribution in [2.45, 2.75) is 24.9 Å². The Bertz CT molecular complexity index is 1290. The van der Waals surface area contributed by atoms with Gasteiger partial charge in [-0.1, -0.05) is 35.4 Å². The summed E-state index contributed by atoms with van der Waals surface area (Å²) in [6, 6.07) is 12.9. The molecule has 10 heteroatoms. The lowest BCUT2D eigenvalue weighted by Gasteiger charge is -2.14. The van der Waals surface area contributed by atoms with Gasteiger partial charge in [-0.05, 0) is 61.9 Å². The number of halogens is 4. The lowest BCUT2D eigenvalue weighted by Crippen LogP contribution is -2.17. The van der Waals surface area contributed by atoms with E-state index in [-0.39, 0.29) is 21.2 Å². The Kier molecular flexibility index (Phi) is 6.52. The van der Waals surface area contributed by atoms with Gasteiger partial charge in [0.05, 0.1) is 16.3 Å². The predicted octanol–water partition coefficient (Wildman–Crippen LogP) is 6.03. The molecule has 0 aliphatic rings. The van der Waals surface area contributed by atoms with Gasteiger partial charge in [0.1, 0.15) is 4.90 Å². The van der Waals surface area contributed by atoms with E-state index >= 15 is 0 Å². The van der Waals surface area contributed by atoms with Crippen LogP contribution in [0.1, 0.15) is 27.0 Å². The fourth-order valence-electron chi connectivity index (χ4n) is 2.95. The van der Waals surface area contributed by atoms with E-state index in [4.69, 9.17) is 11.6 Å². The van der Waals surface area contributed by atoms with Crippen molar-refractivity contribution in [3.63, 3.8) is 0 Å². The highest BCUT2D eigenvalue weighted by atomic mass is 35.5. The standard InChI is InChI=1S/C22H18ClF3N2O3S/c1-13-6-9-19(14(2)10-13)28-32(30,31)20-11-15(7-8-18(20)23)21(29)27-17-5-3-4-16(12-17)22(24,25)26/h3-12,28H,1-2H3,(H,27,29). The molecule has 0 spiro atoms. The van der Waals surface area contributed by atoms with E-state index in [0.717, 1.165) is 29.8 Å². The zero-order valence-corrected chi connectivity index (χ0v) is 18.5. The molecule has 0 fully saturated rings. The number of rotatable bonds is 5. The zero-order chi connectivity index (χ0) is 23.7. The molecule has 2 N–H and O–H groups in total. The van der Waals surface area contributed by atoms with Crippen molar-refractivity contribution in [1.82, 2.24) is 0 Å². The van der Waals surface area contributed by atoms with Crippen molar-refractivity contribution >= 4 is 38.9 Å². The maximum Gasteiger partial charge on any atom is 0.416 e. The summed E-state index contributed by atoms with van der Waals surface area (Å²) in [5, 5.41) is 2.22. The first kappa shape index (κ1) is 23.6. The maximum absolute atomic E-state index is 12.9. The van der Waals surface area contributed by atoms with Crippen molar-refractivity contribution in [3.8, 4) is 0 Å². The second-order valence-electron chi connectivity index (χ2n) is 7.10. The molecule has 32 heavy (non-hydrogen) atoms. The number of carbonyl (C=O) groups excluding carboxylic acids is 1. The highest BCUT2D eigenvalue weighted by molar-refractivity contribution is 7.92. The molecule has 0 saturated carbocycles. The van der Waals surface area contributed by atoms with Crippen LogP contribution in [0.2, 0.25) is 5.02 Å². The van der Waals surface area contributed by atoms with Crippen molar-refractivity contribution in [2.24, 2.45) is 0 Å². The number of carbonyl (C=O) groups is 1. The van der Waals surface area contributed by atoms with E-state index in [9.17, 15) is 26.4 Å². The van der Waals surface area contributed by atoms with Crippen molar-refractivity contribution in [2.75, 3.05) is 10.0 Å². The number of hydrogen-bond acceptors (Lipinski definition) is 3. The Morgan fingerprint density at radius 1 is 0.969 bits per heavy atom. The van der Waals surface area contributed by atoms with E-state index in [1.54, 1.807) is 25.1 Å². The van der Waals surface area contributed by atoms with Gasteiger partial charge in [-0.25, -0.2) is 8.42 Å². The number of nitrogens with one attached hydrogen (secondary N) is 2. The molecule has 1 amide bonds. The van der Waals surface area contributed by atoms with E-state index in [1.807, 2.05) is 6.92 Å². The van der Waals surface area contributed by atoms with E-state index in [0.29, 0.717) is 11.3 Å². The molecule has 0 unspecified atom stereocenters. The van der Waals surface area contributed by atoms with Gasteiger partial charge in [0.25, 0.3) is 15.9 Å². The molecule has 0 aromatic heterocycles. The van der Waals surface area contributed by atoms with Gasteiger partial charge in [0, 0.05) is 11.3 Å². The van der Waals surface area contributed by atoms with Crippen molar-refractivity contribution in [3.05, 3.63) is 87.9 Å². The maximum atomic E-state index is 12.9. The number of amides is 1. The number of anilines is 2. The van der Waals surface area contributed by atoms with Crippen LogP contribution in [0.3, 0.4) is 0 Å². The van der Waals surface area contributed by atoms with Gasteiger partial charge in [-0.15, -0.1) is 0 Å². The fraction of sp³-hybridized carbons (Fsp3) is 0.136. The molecule has 3 aromatic rings. The quantitative estimate of drug-likeness (QED) is 0.466. The van der Waals surface area contributed by atoms with Gasteiger partial charge in [0.2, 0.25) is 0 Å². The normalized spacial score (nSPS) is 11.8. The molecule has 3 aromatic carbocycles. The van der Waals surface area contributed by atoms with Crippen LogP contribution >= 0.6 is 11.6 Å². The number of hydrogen-bond donors (Lipinski definition) is 2. The third-order valence-corrected chi connectivity index (χ3v) is 6.40. The van der Waals surface area contributed by atoms with Crippen LogP contribution in [0.5, 0.6) is 0 Å². The van der Waals surface area contributed by atoms with Crippen molar-refractivity contribution < 1.29 is 26.4 Å². The molecule has 168 valence electrons. The van der Waals surface area contributed by atoms with Gasteiger partial charge in [-0.3, -0.25) is 9.52 Å². The molecule has 0 saturated heterocycles. The Balaban J connectivity index is 1.89. The third-order valence-electron chi connectivity index (χ3n) is 4.56. The monoisotopic (exact) mass is 482 g/mol. The van der Waals surface area contributed by atoms with E-state index < -0.39 is 27.7 Å². The van der Waals surface area contributed by atoms with Gasteiger partial charge >= 0.3 is 6.18 Å². The van der Waals surface area contributed by atoms with Crippen LogP contribution in [0.25, 0.3) is 0 Å². The lowest BCUT2D eigenvalue weighted by atomic mass is 10.1. The Morgan fingerprint density at radius 2 is 1.69 bits per heavy atom. The average molecular weight is 483 g/mol. The van der Waals surface area contributed by atoms with Gasteiger partial charge in [0.15, 0.2) is 0 Å². The molecule has 0 heterocycles. The fourth-order valence-corrected chi connectivity index (χ4v) is 4.61. The minimum Gasteiger partial charge on any atom is -0.322 e. The molecular weight excluding hydrogens is 465 g/mol. The van der Waals surface area contributed by atoms with E-state index in [1.165, 1.54) is 18.2 Å². The summed E-state index contributed by atoms with van der Waals surface area (Å²) in [6.45, 7) is 3.61. The summed E-state index contributed by atoms with van der Waals surface area (Å²) in [5.74, 6) is -0.788. The zero-order valence-electron chi connectivity index (χ0n) is 16.9. The molecule has 0 aliphatic carbocycles. The summed E-state index contributed by atoms with van der Waals surface area (Å²) in [5.41, 5.74) is 0.906. The molecule has 0 atom stereocenters. The highest BCUT2D eigenvalue weighted by Crippen LogP contribution is 2.31. The van der Waals surface area contributed by atoms with Gasteiger partial charge in [-0.2, -0.15) is 13.2 Å². The SMILES string of the molecule is Cc1ccc(NS(=O)(=O)c2cc(C(=O)Nc3cccc(C(F)(F)F)c3)ccc2Cl)c(C)c1. The number of benzene rings is 3. The average Bonchev–Trinajstić information content (AvgIpc) is 2.70. The summed E-state index contributed by atoms with van der Waals surface area (Å²) < 4.78 is 66.9. The van der Waals surface area contributed by atoms with Crippen LogP contribution in [-0.2, 0) is 16.2 Å². The first-order chi connectivity index (χ1) is 14.9. The van der Waals surface area contributed by atoms with Crippen molar-refractivity contribution in [1.29, 1.82) is 0 Å². The second kappa shape index (κ2) is 8.84. The summed E-state index contributed by atoms with van der Waals surface area (Å²) in [7, 11) is -4.15. The van der Waals surface area contributed by atoms with E-state index in [2.05, 4.69) is 10.0 Å². The summed E-state index contributed by atoms with van der Waals surface area (Å²) >= 11 is 6.07. The second-order valence-corrected chi connectivity index (χ2v) is 9.16. The Morgan fingerprint density at radius 3 is 2.34 bits per heavy atom. The number of aryl methyl sites for hydroxylation is 2. The molecule has 0 radical (unpaired) electrons. The molecule has 0 aliphatic heterocycles. The minimum absolute atomic E-state index is 0.0856. The predicted molar refractivity (Wildman–Crippen MR) is 118 cm³/mol. The van der Waals surface area contributed by atoms with Gasteiger partial charge < -0.3 is 5.32 Å². The third kappa shape index (κ3) is 5.41. The first-order valence-electron chi connectivity index (χ1n) is 9.25. The topological polar surface area (TPSA) is 75.3 Å². The molecule has 0 bridgehead atoms. The van der Waals surface area contributed by atoms with Crippen LogP contribution in [0.4, 0.5) is 24.5 Å². The Labute approximate surface area is 188 Å². The van der Waals surface area contributed by atoms with Crippen LogP contribution in [0.15, 0.2) is 65.6 Å².